The highest BCUT2D eigenvalue weighted by Gasteiger charge is 2.60. The van der Waals surface area contributed by atoms with Crippen LogP contribution in [0, 0.1) is 28.6 Å². The predicted molar refractivity (Wildman–Crippen MR) is 97.1 cm³/mol. The Labute approximate surface area is 155 Å². The summed E-state index contributed by atoms with van der Waals surface area (Å²) < 4.78 is 5.71. The minimum Gasteiger partial charge on any atom is -0.462 e. The SMILES string of the molecule is CC(=O)O[C@@H]1CC[C@H]2[C@H]3CCC4=C(Cl)C(=O)CC[C@]4(C)[C@@H]3CC[C@]12C. The Morgan fingerprint density at radius 3 is 2.56 bits per heavy atom. The van der Waals surface area contributed by atoms with Crippen molar-refractivity contribution in [1.29, 1.82) is 0 Å². The van der Waals surface area contributed by atoms with E-state index in [1.54, 1.807) is 0 Å². The molecule has 0 amide bonds. The average molecular weight is 365 g/mol. The van der Waals surface area contributed by atoms with Gasteiger partial charge >= 0.3 is 5.97 Å². The molecule has 3 saturated carbocycles. The van der Waals surface area contributed by atoms with Crippen molar-refractivity contribution < 1.29 is 14.3 Å². The molecule has 4 aliphatic rings. The summed E-state index contributed by atoms with van der Waals surface area (Å²) in [6.07, 6.45) is 8.17. The molecule has 0 heterocycles. The third-order valence-corrected chi connectivity index (χ3v) is 8.71. The van der Waals surface area contributed by atoms with Crippen molar-refractivity contribution in [2.45, 2.75) is 78.2 Å². The van der Waals surface area contributed by atoms with Gasteiger partial charge in [-0.3, -0.25) is 9.59 Å². The molecular weight excluding hydrogens is 336 g/mol. The Morgan fingerprint density at radius 2 is 1.84 bits per heavy atom. The number of carbonyl (C=O) groups is 2. The lowest BCUT2D eigenvalue weighted by molar-refractivity contribution is -0.157. The fourth-order valence-corrected chi connectivity index (χ4v) is 7.40. The number of allylic oxidation sites excluding steroid dienone is 1. The molecule has 0 spiro atoms. The third-order valence-electron chi connectivity index (χ3n) is 8.27. The second-order valence-electron chi connectivity index (χ2n) is 9.27. The van der Waals surface area contributed by atoms with Gasteiger partial charge in [-0.25, -0.2) is 0 Å². The van der Waals surface area contributed by atoms with E-state index in [4.69, 9.17) is 16.3 Å². The lowest BCUT2D eigenvalue weighted by Gasteiger charge is -2.58. The molecule has 0 radical (unpaired) electrons. The second-order valence-corrected chi connectivity index (χ2v) is 9.65. The standard InChI is InChI=1S/C21H29ClO3/c1-12(23)25-18-7-6-14-13-4-5-16-19(22)17(24)9-11-20(16,2)15(13)8-10-21(14,18)3/h13-15,18H,4-11H2,1-3H3/t13-,14+,15-,18-,20-,21+/m1/s1. The van der Waals surface area contributed by atoms with Crippen molar-refractivity contribution in [2.24, 2.45) is 28.6 Å². The number of ether oxygens (including phenoxy) is 1. The highest BCUT2D eigenvalue weighted by atomic mass is 35.5. The van der Waals surface area contributed by atoms with Gasteiger partial charge in [0.1, 0.15) is 6.10 Å². The molecule has 0 aromatic heterocycles. The fourth-order valence-electron chi connectivity index (χ4n) is 7.00. The highest BCUT2D eigenvalue weighted by Crippen LogP contribution is 2.66. The van der Waals surface area contributed by atoms with Crippen LogP contribution in [0.5, 0.6) is 0 Å². The number of esters is 1. The van der Waals surface area contributed by atoms with E-state index in [1.165, 1.54) is 12.5 Å². The number of hydrogen-bond acceptors (Lipinski definition) is 3. The van der Waals surface area contributed by atoms with Crippen LogP contribution in [0.15, 0.2) is 10.6 Å². The van der Waals surface area contributed by atoms with Gasteiger partial charge in [-0.2, -0.15) is 0 Å². The zero-order valence-corrected chi connectivity index (χ0v) is 16.3. The lowest BCUT2D eigenvalue weighted by atomic mass is 9.47. The predicted octanol–water partition coefficient (Wildman–Crippen LogP) is 5.02. The van der Waals surface area contributed by atoms with Crippen molar-refractivity contribution in [2.75, 3.05) is 0 Å². The van der Waals surface area contributed by atoms with Crippen LogP contribution in [0.2, 0.25) is 0 Å². The van der Waals surface area contributed by atoms with Crippen LogP contribution in [0.3, 0.4) is 0 Å². The van der Waals surface area contributed by atoms with Crippen molar-refractivity contribution in [3.05, 3.63) is 10.6 Å². The first-order chi connectivity index (χ1) is 11.8. The number of halogens is 1. The third kappa shape index (κ3) is 2.44. The van der Waals surface area contributed by atoms with E-state index < -0.39 is 0 Å². The fraction of sp³-hybridized carbons (Fsp3) is 0.810. The monoisotopic (exact) mass is 364 g/mol. The summed E-state index contributed by atoms with van der Waals surface area (Å²) in [6.45, 7) is 6.23. The van der Waals surface area contributed by atoms with Crippen molar-refractivity contribution in [3.8, 4) is 0 Å². The van der Waals surface area contributed by atoms with E-state index in [-0.39, 0.29) is 28.7 Å². The second kappa shape index (κ2) is 5.84. The van der Waals surface area contributed by atoms with Gasteiger partial charge in [-0.1, -0.05) is 25.4 Å². The quantitative estimate of drug-likeness (QED) is 0.614. The van der Waals surface area contributed by atoms with Crippen LogP contribution in [0.4, 0.5) is 0 Å². The first kappa shape index (κ1) is 17.6. The maximum absolute atomic E-state index is 12.1. The maximum atomic E-state index is 12.1. The molecule has 0 unspecified atom stereocenters. The normalized spacial score (nSPS) is 46.3. The molecule has 0 saturated heterocycles. The van der Waals surface area contributed by atoms with Gasteiger partial charge in [-0.05, 0) is 73.7 Å². The Hall–Kier alpha value is -0.830. The van der Waals surface area contributed by atoms with Crippen LogP contribution in [-0.4, -0.2) is 17.9 Å². The molecule has 138 valence electrons. The molecule has 4 aliphatic carbocycles. The molecule has 0 aliphatic heterocycles. The Bertz CT molecular complexity index is 654. The minimum atomic E-state index is -0.146. The molecule has 6 atom stereocenters. The maximum Gasteiger partial charge on any atom is 0.302 e. The number of hydrogen-bond donors (Lipinski definition) is 0. The van der Waals surface area contributed by atoms with Gasteiger partial charge in [0, 0.05) is 18.8 Å². The van der Waals surface area contributed by atoms with Gasteiger partial charge in [-0.15, -0.1) is 0 Å². The minimum absolute atomic E-state index is 0.0808. The molecule has 3 fully saturated rings. The van der Waals surface area contributed by atoms with Crippen LogP contribution < -0.4 is 0 Å². The van der Waals surface area contributed by atoms with Gasteiger partial charge in [0.25, 0.3) is 0 Å². The van der Waals surface area contributed by atoms with Crippen LogP contribution in [0.1, 0.15) is 72.1 Å². The zero-order valence-electron chi connectivity index (χ0n) is 15.6. The van der Waals surface area contributed by atoms with Crippen molar-refractivity contribution >= 4 is 23.4 Å². The number of ketones is 1. The van der Waals surface area contributed by atoms with Gasteiger partial charge in [0.15, 0.2) is 5.78 Å². The summed E-state index contributed by atoms with van der Waals surface area (Å²) in [5, 5.41) is 0.546. The van der Waals surface area contributed by atoms with Crippen molar-refractivity contribution in [1.82, 2.24) is 0 Å². The van der Waals surface area contributed by atoms with Crippen LogP contribution in [-0.2, 0) is 14.3 Å². The molecule has 0 bridgehead atoms. The molecular formula is C21H29ClO3. The lowest BCUT2D eigenvalue weighted by Crippen LogP contribution is -2.52. The summed E-state index contributed by atoms with van der Waals surface area (Å²) in [4.78, 5) is 23.6. The summed E-state index contributed by atoms with van der Waals surface area (Å²) >= 11 is 6.45. The van der Waals surface area contributed by atoms with Crippen molar-refractivity contribution in [3.63, 3.8) is 0 Å². The molecule has 0 aromatic rings. The van der Waals surface area contributed by atoms with Crippen LogP contribution >= 0.6 is 11.6 Å². The first-order valence-corrected chi connectivity index (χ1v) is 10.2. The molecule has 25 heavy (non-hydrogen) atoms. The molecule has 4 rings (SSSR count). The molecule has 0 aromatic carbocycles. The first-order valence-electron chi connectivity index (χ1n) is 9.87. The summed E-state index contributed by atoms with van der Waals surface area (Å²) in [5.74, 6) is 1.92. The number of rotatable bonds is 1. The average Bonchev–Trinajstić information content (AvgIpc) is 2.88. The summed E-state index contributed by atoms with van der Waals surface area (Å²) in [5.41, 5.74) is 1.46. The largest absolute Gasteiger partial charge is 0.462 e. The number of fused-ring (bicyclic) bond motifs is 5. The van der Waals surface area contributed by atoms with E-state index in [0.29, 0.717) is 29.2 Å². The Morgan fingerprint density at radius 1 is 1.08 bits per heavy atom. The zero-order chi connectivity index (χ0) is 18.0. The summed E-state index contributed by atoms with van der Waals surface area (Å²) in [6, 6.07) is 0. The summed E-state index contributed by atoms with van der Waals surface area (Å²) in [7, 11) is 0. The van der Waals surface area contributed by atoms with Crippen LogP contribution in [0.25, 0.3) is 0 Å². The van der Waals surface area contributed by atoms with E-state index >= 15 is 0 Å². The van der Waals surface area contributed by atoms with Gasteiger partial charge in [0.05, 0.1) is 5.03 Å². The Balaban J connectivity index is 1.65. The highest BCUT2D eigenvalue weighted by molar-refractivity contribution is 6.43. The number of Topliss-reactive ketones (excluding diaryl/α,β-unsaturated/α-hetero) is 1. The number of carbonyl (C=O) groups excluding carboxylic acids is 2. The van der Waals surface area contributed by atoms with E-state index in [1.807, 2.05) is 0 Å². The smallest absolute Gasteiger partial charge is 0.302 e. The topological polar surface area (TPSA) is 43.4 Å². The Kier molecular flexibility index (Phi) is 4.10. The van der Waals surface area contributed by atoms with Gasteiger partial charge in [0.2, 0.25) is 0 Å². The molecule has 4 heteroatoms. The van der Waals surface area contributed by atoms with Gasteiger partial charge < -0.3 is 4.74 Å². The van der Waals surface area contributed by atoms with E-state index in [9.17, 15) is 9.59 Å². The molecule has 3 nitrogen and oxygen atoms in total. The molecule has 0 N–H and O–H groups in total. The van der Waals surface area contributed by atoms with E-state index in [0.717, 1.165) is 44.9 Å². The van der Waals surface area contributed by atoms with E-state index in [2.05, 4.69) is 13.8 Å².